The van der Waals surface area contributed by atoms with E-state index in [0.29, 0.717) is 26.2 Å². The minimum absolute atomic E-state index is 0.0560. The number of hydrogen-bond acceptors (Lipinski definition) is 4. The highest BCUT2D eigenvalue weighted by molar-refractivity contribution is 7.89. The van der Waals surface area contributed by atoms with Crippen LogP contribution in [-0.2, 0) is 19.6 Å². The summed E-state index contributed by atoms with van der Waals surface area (Å²) in [5, 5.41) is 5.38. The van der Waals surface area contributed by atoms with Crippen LogP contribution in [-0.4, -0.2) is 50.7 Å². The number of amides is 2. The summed E-state index contributed by atoms with van der Waals surface area (Å²) in [6.45, 7) is 8.73. The lowest BCUT2D eigenvalue weighted by Gasteiger charge is -2.18. The van der Waals surface area contributed by atoms with Gasteiger partial charge in [-0.25, -0.2) is 8.42 Å². The van der Waals surface area contributed by atoms with Crippen molar-refractivity contribution in [3.8, 4) is 0 Å². The molecule has 0 bridgehead atoms. The molecule has 0 saturated heterocycles. The zero-order valence-electron chi connectivity index (χ0n) is 16.4. The summed E-state index contributed by atoms with van der Waals surface area (Å²) >= 11 is 0. The Labute approximate surface area is 161 Å². The minimum Gasteiger partial charge on any atom is -0.354 e. The quantitative estimate of drug-likeness (QED) is 0.465. The SMILES string of the molecule is CCN(CC)S(=O)(=O)c1ccc(C=CC(=O)NCCNC(=O)C(C)C)cc1. The molecule has 0 unspecified atom stereocenters. The van der Waals surface area contributed by atoms with Crippen molar-refractivity contribution in [3.63, 3.8) is 0 Å². The van der Waals surface area contributed by atoms with Gasteiger partial charge in [0.1, 0.15) is 0 Å². The maximum atomic E-state index is 12.4. The van der Waals surface area contributed by atoms with Gasteiger partial charge in [0.2, 0.25) is 21.8 Å². The Bertz CT molecular complexity index is 752. The second-order valence-corrected chi connectivity index (χ2v) is 8.17. The Morgan fingerprint density at radius 3 is 2.11 bits per heavy atom. The van der Waals surface area contributed by atoms with E-state index in [4.69, 9.17) is 0 Å². The second kappa shape index (κ2) is 10.8. The number of carbonyl (C=O) groups excluding carboxylic acids is 2. The van der Waals surface area contributed by atoms with Crippen LogP contribution in [0.3, 0.4) is 0 Å². The van der Waals surface area contributed by atoms with Gasteiger partial charge in [-0.2, -0.15) is 4.31 Å². The first-order valence-corrected chi connectivity index (χ1v) is 10.5. The first kappa shape index (κ1) is 22.9. The van der Waals surface area contributed by atoms with E-state index in [1.165, 1.54) is 22.5 Å². The Morgan fingerprint density at radius 2 is 1.59 bits per heavy atom. The zero-order valence-corrected chi connectivity index (χ0v) is 17.2. The second-order valence-electron chi connectivity index (χ2n) is 6.23. The van der Waals surface area contributed by atoms with Crippen molar-refractivity contribution in [3.05, 3.63) is 35.9 Å². The van der Waals surface area contributed by atoms with Crippen LogP contribution in [0.25, 0.3) is 6.08 Å². The summed E-state index contributed by atoms with van der Waals surface area (Å²) in [5.41, 5.74) is 0.719. The van der Waals surface area contributed by atoms with Crippen LogP contribution >= 0.6 is 0 Å². The molecule has 0 spiro atoms. The summed E-state index contributed by atoms with van der Waals surface area (Å²) in [7, 11) is -3.48. The van der Waals surface area contributed by atoms with Crippen molar-refractivity contribution in [2.24, 2.45) is 5.92 Å². The highest BCUT2D eigenvalue weighted by Gasteiger charge is 2.20. The van der Waals surface area contributed by atoms with Crippen LogP contribution in [0.15, 0.2) is 35.2 Å². The van der Waals surface area contributed by atoms with Crippen molar-refractivity contribution in [2.45, 2.75) is 32.6 Å². The Hall–Kier alpha value is -2.19. The molecule has 0 heterocycles. The predicted octanol–water partition coefficient (Wildman–Crippen LogP) is 1.62. The van der Waals surface area contributed by atoms with E-state index in [1.807, 2.05) is 0 Å². The maximum Gasteiger partial charge on any atom is 0.244 e. The number of carbonyl (C=O) groups is 2. The van der Waals surface area contributed by atoms with Gasteiger partial charge in [-0.15, -0.1) is 0 Å². The van der Waals surface area contributed by atoms with Gasteiger partial charge in [0.15, 0.2) is 0 Å². The van der Waals surface area contributed by atoms with E-state index in [9.17, 15) is 18.0 Å². The van der Waals surface area contributed by atoms with Crippen molar-refractivity contribution in [2.75, 3.05) is 26.2 Å². The Balaban J connectivity index is 2.57. The molecular weight excluding hydrogens is 366 g/mol. The molecule has 8 heteroatoms. The molecule has 0 saturated carbocycles. The van der Waals surface area contributed by atoms with Gasteiger partial charge in [-0.1, -0.05) is 39.8 Å². The fourth-order valence-corrected chi connectivity index (χ4v) is 3.73. The van der Waals surface area contributed by atoms with Crippen molar-refractivity contribution >= 4 is 27.9 Å². The molecule has 0 aliphatic rings. The first-order chi connectivity index (χ1) is 12.7. The molecule has 0 aliphatic carbocycles. The van der Waals surface area contributed by atoms with E-state index >= 15 is 0 Å². The number of nitrogens with zero attached hydrogens (tertiary/aromatic N) is 1. The molecule has 2 amide bonds. The van der Waals surface area contributed by atoms with E-state index in [0.717, 1.165) is 5.56 Å². The molecule has 150 valence electrons. The van der Waals surface area contributed by atoms with Crippen molar-refractivity contribution in [1.82, 2.24) is 14.9 Å². The maximum absolute atomic E-state index is 12.4. The van der Waals surface area contributed by atoms with Gasteiger partial charge >= 0.3 is 0 Å². The van der Waals surface area contributed by atoms with Crippen molar-refractivity contribution in [1.29, 1.82) is 0 Å². The number of benzene rings is 1. The van der Waals surface area contributed by atoms with Gasteiger partial charge < -0.3 is 10.6 Å². The summed E-state index contributed by atoms with van der Waals surface area (Å²) in [4.78, 5) is 23.4. The lowest BCUT2D eigenvalue weighted by atomic mass is 10.2. The number of nitrogens with one attached hydrogen (secondary N) is 2. The number of rotatable bonds is 10. The van der Waals surface area contributed by atoms with Gasteiger partial charge in [0.25, 0.3) is 0 Å². The van der Waals surface area contributed by atoms with E-state index in [-0.39, 0.29) is 22.6 Å². The van der Waals surface area contributed by atoms with Gasteiger partial charge in [0, 0.05) is 38.2 Å². The third-order valence-electron chi connectivity index (χ3n) is 3.90. The minimum atomic E-state index is -3.48. The molecule has 0 aromatic heterocycles. The lowest BCUT2D eigenvalue weighted by Crippen LogP contribution is -2.35. The van der Waals surface area contributed by atoms with E-state index < -0.39 is 10.0 Å². The Morgan fingerprint density at radius 1 is 1.04 bits per heavy atom. The average molecular weight is 396 g/mol. The van der Waals surface area contributed by atoms with Gasteiger partial charge in [0.05, 0.1) is 4.90 Å². The molecule has 1 rings (SSSR count). The van der Waals surface area contributed by atoms with E-state index in [2.05, 4.69) is 10.6 Å². The highest BCUT2D eigenvalue weighted by Crippen LogP contribution is 2.16. The molecule has 0 aliphatic heterocycles. The third-order valence-corrected chi connectivity index (χ3v) is 5.96. The monoisotopic (exact) mass is 395 g/mol. The van der Waals surface area contributed by atoms with Gasteiger partial charge in [-0.3, -0.25) is 9.59 Å². The fourth-order valence-electron chi connectivity index (χ4n) is 2.27. The van der Waals surface area contributed by atoms with Crippen LogP contribution in [0.5, 0.6) is 0 Å². The molecule has 1 aromatic rings. The summed E-state index contributed by atoms with van der Waals surface area (Å²) < 4.78 is 26.2. The molecule has 0 atom stereocenters. The normalized spacial score (nSPS) is 11.9. The van der Waals surface area contributed by atoms with Crippen LogP contribution in [0.4, 0.5) is 0 Å². The zero-order chi connectivity index (χ0) is 20.4. The van der Waals surface area contributed by atoms with Gasteiger partial charge in [-0.05, 0) is 23.8 Å². The van der Waals surface area contributed by atoms with Crippen molar-refractivity contribution < 1.29 is 18.0 Å². The molecule has 1 aromatic carbocycles. The molecule has 2 N–H and O–H groups in total. The van der Waals surface area contributed by atoms with Crippen LogP contribution in [0, 0.1) is 5.92 Å². The lowest BCUT2D eigenvalue weighted by molar-refractivity contribution is -0.124. The standard InChI is InChI=1S/C19H29N3O4S/c1-5-22(6-2)27(25,26)17-10-7-16(8-11-17)9-12-18(23)20-13-14-21-19(24)15(3)4/h7-12,15H,5-6,13-14H2,1-4H3,(H,20,23)(H,21,24). The summed E-state index contributed by atoms with van der Waals surface area (Å²) in [6, 6.07) is 6.38. The molecule has 27 heavy (non-hydrogen) atoms. The summed E-state index contributed by atoms with van der Waals surface area (Å²) in [5.74, 6) is -0.428. The number of sulfonamides is 1. The van der Waals surface area contributed by atoms with Crippen LogP contribution in [0.1, 0.15) is 33.3 Å². The fraction of sp³-hybridized carbons (Fsp3) is 0.474. The molecule has 0 fully saturated rings. The average Bonchev–Trinajstić information content (AvgIpc) is 2.64. The third kappa shape index (κ3) is 7.15. The molecule has 0 radical (unpaired) electrons. The molecular formula is C19H29N3O4S. The van der Waals surface area contributed by atoms with E-state index in [1.54, 1.807) is 45.9 Å². The summed E-state index contributed by atoms with van der Waals surface area (Å²) in [6.07, 6.45) is 2.98. The first-order valence-electron chi connectivity index (χ1n) is 9.06. The highest BCUT2D eigenvalue weighted by atomic mass is 32.2. The number of hydrogen-bond donors (Lipinski definition) is 2. The van der Waals surface area contributed by atoms with Crippen LogP contribution < -0.4 is 10.6 Å². The van der Waals surface area contributed by atoms with Crippen LogP contribution in [0.2, 0.25) is 0 Å². The smallest absolute Gasteiger partial charge is 0.244 e. The molecule has 7 nitrogen and oxygen atoms in total. The predicted molar refractivity (Wildman–Crippen MR) is 106 cm³/mol. The topological polar surface area (TPSA) is 95.6 Å². The Kier molecular flexibility index (Phi) is 9.17. The largest absolute Gasteiger partial charge is 0.354 e.